The molecule has 0 fully saturated rings. The molecule has 8 heteroatoms. The van der Waals surface area contributed by atoms with E-state index in [4.69, 9.17) is 28.6 Å². The molecule has 1 amide bonds. The summed E-state index contributed by atoms with van der Waals surface area (Å²) in [6.45, 7) is 0. The molecule has 0 aliphatic carbocycles. The monoisotopic (exact) mass is 453 g/mol. The molecule has 4 aromatic rings. The molecule has 5 nitrogen and oxygen atoms in total. The van der Waals surface area contributed by atoms with E-state index in [1.807, 2.05) is 30.3 Å². The molecule has 150 valence electrons. The first-order valence-electron chi connectivity index (χ1n) is 8.95. The number of fused-ring (bicyclic) bond motifs is 1. The fourth-order valence-electron chi connectivity index (χ4n) is 2.86. The topological polar surface area (TPSA) is 63.2 Å². The summed E-state index contributed by atoms with van der Waals surface area (Å²) in [6, 6.07) is 20.2. The maximum Gasteiger partial charge on any atom is 0.257 e. The largest absolute Gasteiger partial charge is 0.497 e. The Kier molecular flexibility index (Phi) is 5.94. The van der Waals surface area contributed by atoms with Gasteiger partial charge >= 0.3 is 0 Å². The minimum Gasteiger partial charge on any atom is -0.497 e. The first kappa shape index (κ1) is 20.3. The number of thiazole rings is 1. The number of nitrogens with one attached hydrogen (secondary N) is 2. The predicted molar refractivity (Wildman–Crippen MR) is 127 cm³/mol. The van der Waals surface area contributed by atoms with Crippen molar-refractivity contribution in [2.24, 2.45) is 0 Å². The molecule has 4 rings (SSSR count). The summed E-state index contributed by atoms with van der Waals surface area (Å²) in [7, 11) is 1.55. The normalized spacial score (nSPS) is 10.6. The Morgan fingerprint density at radius 1 is 1.10 bits per heavy atom. The van der Waals surface area contributed by atoms with Crippen LogP contribution in [0.1, 0.15) is 10.4 Å². The first-order chi connectivity index (χ1) is 14.5. The number of halogens is 1. The van der Waals surface area contributed by atoms with E-state index in [2.05, 4.69) is 15.6 Å². The number of hydrogen-bond acceptors (Lipinski definition) is 5. The van der Waals surface area contributed by atoms with Crippen molar-refractivity contribution in [2.45, 2.75) is 0 Å². The van der Waals surface area contributed by atoms with Gasteiger partial charge in [-0.25, -0.2) is 4.98 Å². The van der Waals surface area contributed by atoms with Gasteiger partial charge in [0.2, 0.25) is 0 Å². The summed E-state index contributed by atoms with van der Waals surface area (Å²) in [5.41, 5.74) is 2.87. The number of anilines is 1. The number of hydrogen-bond donors (Lipinski definition) is 2. The van der Waals surface area contributed by atoms with Crippen molar-refractivity contribution in [1.82, 2.24) is 10.3 Å². The maximum atomic E-state index is 12.4. The molecule has 3 aromatic carbocycles. The highest BCUT2D eigenvalue weighted by Gasteiger charge is 2.13. The molecule has 0 radical (unpaired) electrons. The van der Waals surface area contributed by atoms with Gasteiger partial charge < -0.3 is 10.1 Å². The van der Waals surface area contributed by atoms with Crippen LogP contribution in [0, 0.1) is 0 Å². The summed E-state index contributed by atoms with van der Waals surface area (Å²) in [5, 5.41) is 7.29. The van der Waals surface area contributed by atoms with E-state index < -0.39 is 0 Å². The number of benzene rings is 3. The number of methoxy groups -OCH3 is 1. The van der Waals surface area contributed by atoms with Crippen LogP contribution < -0.4 is 15.4 Å². The van der Waals surface area contributed by atoms with Gasteiger partial charge in [0.15, 0.2) is 5.11 Å². The molecule has 0 aliphatic rings. The Balaban J connectivity index is 1.51. The van der Waals surface area contributed by atoms with E-state index in [1.54, 1.807) is 54.8 Å². The lowest BCUT2D eigenvalue weighted by atomic mass is 10.2. The van der Waals surface area contributed by atoms with Gasteiger partial charge in [0.05, 0.1) is 22.3 Å². The van der Waals surface area contributed by atoms with Crippen LogP contribution in [0.4, 0.5) is 5.69 Å². The highest BCUT2D eigenvalue weighted by atomic mass is 35.5. The minimum absolute atomic E-state index is 0.181. The van der Waals surface area contributed by atoms with Gasteiger partial charge in [-0.15, -0.1) is 11.3 Å². The zero-order valence-corrected chi connectivity index (χ0v) is 18.2. The van der Waals surface area contributed by atoms with Gasteiger partial charge in [0, 0.05) is 16.8 Å². The number of carbonyl (C=O) groups is 1. The second kappa shape index (κ2) is 8.79. The summed E-state index contributed by atoms with van der Waals surface area (Å²) < 4.78 is 6.23. The van der Waals surface area contributed by atoms with Crippen molar-refractivity contribution in [3.05, 3.63) is 77.3 Å². The average Bonchev–Trinajstić information content (AvgIpc) is 3.19. The van der Waals surface area contributed by atoms with Crippen molar-refractivity contribution in [2.75, 3.05) is 12.4 Å². The van der Waals surface area contributed by atoms with Gasteiger partial charge in [-0.2, -0.15) is 0 Å². The molecule has 0 unspecified atom stereocenters. The number of carbonyl (C=O) groups excluding carboxylic acids is 1. The molecule has 0 spiro atoms. The molecular formula is C22H16ClN3O2S2. The van der Waals surface area contributed by atoms with Crippen molar-refractivity contribution in [3.63, 3.8) is 0 Å². The van der Waals surface area contributed by atoms with Gasteiger partial charge in [-0.3, -0.25) is 10.1 Å². The maximum absolute atomic E-state index is 12.4. The molecule has 2 N–H and O–H groups in total. The van der Waals surface area contributed by atoms with Crippen LogP contribution in [0.15, 0.2) is 66.7 Å². The summed E-state index contributed by atoms with van der Waals surface area (Å²) in [5.74, 6) is 0.270. The zero-order chi connectivity index (χ0) is 21.1. The second-order valence-corrected chi connectivity index (χ2v) is 8.17. The summed E-state index contributed by atoms with van der Waals surface area (Å²) in [6.07, 6.45) is 0. The van der Waals surface area contributed by atoms with E-state index in [1.165, 1.54) is 0 Å². The van der Waals surface area contributed by atoms with Gasteiger partial charge in [-0.1, -0.05) is 29.8 Å². The smallest absolute Gasteiger partial charge is 0.257 e. The Bertz CT molecular complexity index is 1220. The van der Waals surface area contributed by atoms with E-state index in [0.29, 0.717) is 22.0 Å². The average molecular weight is 454 g/mol. The lowest BCUT2D eigenvalue weighted by molar-refractivity contribution is 0.0977. The molecule has 30 heavy (non-hydrogen) atoms. The molecule has 0 bridgehead atoms. The standard InChI is InChI=1S/C22H16ClN3O2S2/c1-28-15-6-4-5-13(11-15)20(27)26-22(29)24-14-9-10-17(23)16(12-14)21-25-18-7-2-3-8-19(18)30-21/h2-12H,1H3,(H2,24,26,27,29). The minimum atomic E-state index is -0.327. The molecule has 0 atom stereocenters. The third kappa shape index (κ3) is 4.43. The van der Waals surface area contributed by atoms with Crippen molar-refractivity contribution in [3.8, 4) is 16.3 Å². The SMILES string of the molecule is COc1cccc(C(=O)NC(=S)Nc2ccc(Cl)c(-c3nc4ccccc4s3)c2)c1. The Hall–Kier alpha value is -3.00. The fraction of sp³-hybridized carbons (Fsp3) is 0.0455. The third-order valence-corrected chi connectivity index (χ3v) is 5.91. The molecule has 1 aromatic heterocycles. The quantitative estimate of drug-likeness (QED) is 0.385. The predicted octanol–water partition coefficient (Wildman–Crippen LogP) is 5.75. The van der Waals surface area contributed by atoms with Crippen LogP contribution in [-0.4, -0.2) is 23.1 Å². The highest BCUT2D eigenvalue weighted by Crippen LogP contribution is 2.35. The molecule has 0 saturated heterocycles. The van der Waals surface area contributed by atoms with Crippen LogP contribution in [-0.2, 0) is 0 Å². The lowest BCUT2D eigenvalue weighted by Crippen LogP contribution is -2.34. The van der Waals surface area contributed by atoms with E-state index in [0.717, 1.165) is 20.8 Å². The van der Waals surface area contributed by atoms with Crippen LogP contribution in [0.25, 0.3) is 20.8 Å². The van der Waals surface area contributed by atoms with Crippen molar-refractivity contribution >= 4 is 62.1 Å². The zero-order valence-electron chi connectivity index (χ0n) is 15.8. The number of ether oxygens (including phenoxy) is 1. The lowest BCUT2D eigenvalue weighted by Gasteiger charge is -2.11. The Morgan fingerprint density at radius 3 is 2.73 bits per heavy atom. The number of aromatic nitrogens is 1. The van der Waals surface area contributed by atoms with Crippen molar-refractivity contribution < 1.29 is 9.53 Å². The number of thiocarbonyl (C=S) groups is 1. The van der Waals surface area contributed by atoms with Crippen LogP contribution in [0.5, 0.6) is 5.75 Å². The van der Waals surface area contributed by atoms with Crippen LogP contribution in [0.3, 0.4) is 0 Å². The molecular weight excluding hydrogens is 438 g/mol. The van der Waals surface area contributed by atoms with E-state index in [-0.39, 0.29) is 11.0 Å². The van der Waals surface area contributed by atoms with Crippen molar-refractivity contribution in [1.29, 1.82) is 0 Å². The Labute approximate surface area is 187 Å². The van der Waals surface area contributed by atoms with Crippen LogP contribution in [0.2, 0.25) is 5.02 Å². The number of nitrogens with zero attached hydrogens (tertiary/aromatic N) is 1. The van der Waals surface area contributed by atoms with Gasteiger partial charge in [0.25, 0.3) is 5.91 Å². The summed E-state index contributed by atoms with van der Waals surface area (Å²) >= 11 is 13.3. The number of amides is 1. The number of para-hydroxylation sites is 1. The highest BCUT2D eigenvalue weighted by molar-refractivity contribution is 7.80. The molecule has 0 saturated carbocycles. The first-order valence-corrected chi connectivity index (χ1v) is 10.6. The fourth-order valence-corrected chi connectivity index (χ4v) is 4.33. The molecule has 0 aliphatic heterocycles. The third-order valence-electron chi connectivity index (χ3n) is 4.31. The van der Waals surface area contributed by atoms with Gasteiger partial charge in [-0.05, 0) is 60.7 Å². The van der Waals surface area contributed by atoms with Crippen LogP contribution >= 0.6 is 35.2 Å². The molecule has 1 heterocycles. The Morgan fingerprint density at radius 2 is 1.93 bits per heavy atom. The van der Waals surface area contributed by atoms with Gasteiger partial charge in [0.1, 0.15) is 10.8 Å². The van der Waals surface area contributed by atoms with E-state index >= 15 is 0 Å². The second-order valence-electron chi connectivity index (χ2n) is 6.32. The summed E-state index contributed by atoms with van der Waals surface area (Å²) in [4.78, 5) is 17.1. The number of rotatable bonds is 4. The van der Waals surface area contributed by atoms with E-state index in [9.17, 15) is 4.79 Å².